The summed E-state index contributed by atoms with van der Waals surface area (Å²) >= 11 is 0. The molecule has 1 fully saturated rings. The molecule has 31 heavy (non-hydrogen) atoms. The third-order valence-electron chi connectivity index (χ3n) is 6.07. The van der Waals surface area contributed by atoms with Gasteiger partial charge in [0.2, 0.25) is 0 Å². The second-order valence-electron chi connectivity index (χ2n) is 8.75. The highest BCUT2D eigenvalue weighted by atomic mass is 31.2. The Morgan fingerprint density at radius 3 is 1.94 bits per heavy atom. The van der Waals surface area contributed by atoms with Crippen LogP contribution in [0.5, 0.6) is 0 Å². The van der Waals surface area contributed by atoms with E-state index >= 15 is 0 Å². The Kier molecular flexibility index (Phi) is 12.8. The van der Waals surface area contributed by atoms with Gasteiger partial charge in [-0.2, -0.15) is 0 Å². The number of cyclic esters (lactones) is 1. The van der Waals surface area contributed by atoms with Crippen LogP contribution in [0.1, 0.15) is 110 Å². The summed E-state index contributed by atoms with van der Waals surface area (Å²) in [6.45, 7) is 4.84. The van der Waals surface area contributed by atoms with Crippen LogP contribution in [0.2, 0.25) is 0 Å². The molecular formula is C24H43O6P. The molecule has 2 atom stereocenters. The van der Waals surface area contributed by atoms with Gasteiger partial charge >= 0.3 is 13.8 Å². The summed E-state index contributed by atoms with van der Waals surface area (Å²) in [5, 5.41) is 0. The first-order valence-corrected chi connectivity index (χ1v) is 14.0. The van der Waals surface area contributed by atoms with Crippen molar-refractivity contribution in [2.75, 3.05) is 19.8 Å². The third-order valence-corrected chi connectivity index (χ3v) is 7.48. The lowest BCUT2D eigenvalue weighted by molar-refractivity contribution is -0.135. The van der Waals surface area contributed by atoms with Gasteiger partial charge in [-0.1, -0.05) is 97.3 Å². The molecular weight excluding hydrogens is 415 g/mol. The van der Waals surface area contributed by atoms with Crippen molar-refractivity contribution in [3.63, 3.8) is 0 Å². The van der Waals surface area contributed by atoms with Gasteiger partial charge in [0.25, 0.3) is 0 Å². The quantitative estimate of drug-likeness (QED) is 0.128. The lowest BCUT2D eigenvalue weighted by Crippen LogP contribution is -2.10. The molecule has 0 N–H and O–H groups in total. The number of fused-ring (bicyclic) bond motifs is 1. The van der Waals surface area contributed by atoms with Crippen LogP contribution < -0.4 is 0 Å². The van der Waals surface area contributed by atoms with Gasteiger partial charge in [0.15, 0.2) is 0 Å². The highest BCUT2D eigenvalue weighted by Gasteiger charge is 2.42. The van der Waals surface area contributed by atoms with Crippen molar-refractivity contribution < 1.29 is 27.7 Å². The second kappa shape index (κ2) is 15.1. The van der Waals surface area contributed by atoms with Crippen LogP contribution in [-0.2, 0) is 27.7 Å². The molecule has 1 saturated heterocycles. The van der Waals surface area contributed by atoms with E-state index in [-0.39, 0.29) is 19.1 Å². The van der Waals surface area contributed by atoms with Gasteiger partial charge in [-0.15, -0.1) is 0 Å². The molecule has 0 spiro atoms. The van der Waals surface area contributed by atoms with Crippen LogP contribution in [0.4, 0.5) is 0 Å². The van der Waals surface area contributed by atoms with E-state index in [0.717, 1.165) is 12.8 Å². The number of carbonyl (C=O) groups is 1. The number of hydrogen-bond donors (Lipinski definition) is 0. The zero-order valence-electron chi connectivity index (χ0n) is 19.7. The average molecular weight is 459 g/mol. The first-order valence-electron chi connectivity index (χ1n) is 12.6. The molecule has 0 aromatic rings. The number of phosphoric ester groups is 1. The standard InChI is InChI=1S/C24H43O6P/c1-3-5-6-7-8-9-10-11-12-13-14-15-16-17-18-28-31(26)29-20-21-19-27-24(25)23(21)22(4-2)30-31/h21H,3-20H2,1-2H3/t21-,31-/m1/s1. The molecule has 180 valence electrons. The summed E-state index contributed by atoms with van der Waals surface area (Å²) in [5.41, 5.74) is 0.459. The molecule has 2 rings (SSSR count). The van der Waals surface area contributed by atoms with E-state index in [9.17, 15) is 9.36 Å². The minimum absolute atomic E-state index is 0.126. The van der Waals surface area contributed by atoms with E-state index in [1.807, 2.05) is 6.92 Å². The SMILES string of the molecule is CCCCCCCCCCCCCCCCO[P@]1(=O)OC[C@H]2COC(=O)C2=C(CC)O1. The number of unbranched alkanes of at least 4 members (excludes halogenated alkanes) is 13. The summed E-state index contributed by atoms with van der Waals surface area (Å²) in [4.78, 5) is 11.9. The lowest BCUT2D eigenvalue weighted by Gasteiger charge is -2.17. The fraction of sp³-hybridized carbons (Fsp3) is 0.875. The maximum Gasteiger partial charge on any atom is 0.529 e. The Hall–Kier alpha value is -0.840. The normalized spacial score (nSPS) is 23.4. The first kappa shape index (κ1) is 26.4. The van der Waals surface area contributed by atoms with E-state index < -0.39 is 13.8 Å². The predicted octanol–water partition coefficient (Wildman–Crippen LogP) is 7.48. The number of phosphoric acid groups is 1. The highest BCUT2D eigenvalue weighted by Crippen LogP contribution is 2.55. The summed E-state index contributed by atoms with van der Waals surface area (Å²) < 4.78 is 34.4. The smallest absolute Gasteiger partial charge is 0.461 e. The molecule has 0 radical (unpaired) electrons. The zero-order chi connectivity index (χ0) is 22.4. The minimum Gasteiger partial charge on any atom is -0.461 e. The molecule has 0 aromatic carbocycles. The Morgan fingerprint density at radius 2 is 1.39 bits per heavy atom. The molecule has 7 heteroatoms. The molecule has 2 aliphatic rings. The van der Waals surface area contributed by atoms with Gasteiger partial charge < -0.3 is 9.26 Å². The fourth-order valence-corrected chi connectivity index (χ4v) is 5.55. The highest BCUT2D eigenvalue weighted by molar-refractivity contribution is 7.48. The molecule has 0 aromatic heterocycles. The Bertz CT molecular complexity index is 603. The van der Waals surface area contributed by atoms with Crippen LogP contribution >= 0.6 is 7.82 Å². The first-order chi connectivity index (χ1) is 15.1. The van der Waals surface area contributed by atoms with Crippen molar-refractivity contribution in [3.05, 3.63) is 11.3 Å². The topological polar surface area (TPSA) is 71.1 Å². The number of hydrogen-bond acceptors (Lipinski definition) is 6. The predicted molar refractivity (Wildman–Crippen MR) is 123 cm³/mol. The van der Waals surface area contributed by atoms with Gasteiger partial charge in [-0.25, -0.2) is 9.36 Å². The molecule has 2 heterocycles. The van der Waals surface area contributed by atoms with Crippen molar-refractivity contribution in [2.24, 2.45) is 5.92 Å². The fourth-order valence-electron chi connectivity index (χ4n) is 4.16. The number of rotatable bonds is 17. The second-order valence-corrected chi connectivity index (χ2v) is 10.3. The molecule has 6 nitrogen and oxygen atoms in total. The molecule has 0 aliphatic carbocycles. The Balaban J connectivity index is 1.49. The monoisotopic (exact) mass is 458 g/mol. The van der Waals surface area contributed by atoms with Crippen LogP contribution in [0.25, 0.3) is 0 Å². The van der Waals surface area contributed by atoms with Crippen molar-refractivity contribution >= 4 is 13.8 Å². The van der Waals surface area contributed by atoms with E-state index in [4.69, 9.17) is 18.3 Å². The number of carbonyl (C=O) groups excluding carboxylic acids is 1. The van der Waals surface area contributed by atoms with Gasteiger partial charge in [-0.3, -0.25) is 9.05 Å². The van der Waals surface area contributed by atoms with Gasteiger partial charge in [0.1, 0.15) is 12.4 Å². The molecule has 2 aliphatic heterocycles. The van der Waals surface area contributed by atoms with E-state index in [1.54, 1.807) is 0 Å². The molecule has 0 unspecified atom stereocenters. The Morgan fingerprint density at radius 1 is 0.839 bits per heavy atom. The summed E-state index contributed by atoms with van der Waals surface area (Å²) in [7, 11) is -3.66. The summed E-state index contributed by atoms with van der Waals surface area (Å²) in [5.74, 6) is -0.233. The maximum atomic E-state index is 12.8. The van der Waals surface area contributed by atoms with Crippen LogP contribution in [0.3, 0.4) is 0 Å². The lowest BCUT2D eigenvalue weighted by atomic mass is 10.0. The van der Waals surface area contributed by atoms with Crippen molar-refractivity contribution in [1.29, 1.82) is 0 Å². The van der Waals surface area contributed by atoms with Gasteiger partial charge in [0.05, 0.1) is 24.7 Å². The van der Waals surface area contributed by atoms with Crippen LogP contribution in [0.15, 0.2) is 11.3 Å². The van der Waals surface area contributed by atoms with Crippen molar-refractivity contribution in [1.82, 2.24) is 0 Å². The maximum absolute atomic E-state index is 12.8. The van der Waals surface area contributed by atoms with Crippen LogP contribution in [-0.4, -0.2) is 25.8 Å². The van der Waals surface area contributed by atoms with E-state index in [2.05, 4.69) is 6.92 Å². The van der Waals surface area contributed by atoms with E-state index in [1.165, 1.54) is 77.0 Å². The molecule has 0 bridgehead atoms. The van der Waals surface area contributed by atoms with Crippen molar-refractivity contribution in [2.45, 2.75) is 110 Å². The molecule has 0 amide bonds. The number of esters is 1. The van der Waals surface area contributed by atoms with Crippen LogP contribution in [0, 0.1) is 5.92 Å². The third kappa shape index (κ3) is 9.67. The zero-order valence-corrected chi connectivity index (χ0v) is 20.6. The number of ether oxygens (including phenoxy) is 1. The largest absolute Gasteiger partial charge is 0.529 e. The summed E-state index contributed by atoms with van der Waals surface area (Å²) in [6.07, 6.45) is 18.4. The minimum atomic E-state index is -3.66. The average Bonchev–Trinajstić information content (AvgIpc) is 3.06. The number of allylic oxidation sites excluding steroid dienone is 1. The van der Waals surface area contributed by atoms with E-state index in [0.29, 0.717) is 24.4 Å². The van der Waals surface area contributed by atoms with Crippen molar-refractivity contribution in [3.8, 4) is 0 Å². The molecule has 0 saturated carbocycles. The summed E-state index contributed by atoms with van der Waals surface area (Å²) in [6, 6.07) is 0. The van der Waals surface area contributed by atoms with Gasteiger partial charge in [0, 0.05) is 6.42 Å². The van der Waals surface area contributed by atoms with Gasteiger partial charge in [-0.05, 0) is 6.42 Å². The Labute approximate surface area is 189 Å².